The van der Waals surface area contributed by atoms with Crippen LogP contribution in [0.1, 0.15) is 102 Å². The van der Waals surface area contributed by atoms with Crippen LogP contribution in [0.25, 0.3) is 11.2 Å². The number of nitrogens with one attached hydrogen (secondary N) is 1. The van der Waals surface area contributed by atoms with Gasteiger partial charge >= 0.3 is 25.7 Å². The molecule has 86 heavy (non-hydrogen) atoms. The number of amides is 1. The zero-order valence-electron chi connectivity index (χ0n) is 49.6. The van der Waals surface area contributed by atoms with Crippen molar-refractivity contribution in [2.75, 3.05) is 39.8 Å². The lowest BCUT2D eigenvalue weighted by Gasteiger charge is -2.45. The molecule has 2 saturated heterocycles. The van der Waals surface area contributed by atoms with Gasteiger partial charge < -0.3 is 53.7 Å². The summed E-state index contributed by atoms with van der Waals surface area (Å²) >= 11 is 0. The van der Waals surface area contributed by atoms with E-state index >= 15 is 9.36 Å². The fraction of sp³-hybridized carbons (Fsp3) is 0.443. The Morgan fingerprint density at radius 1 is 0.744 bits per heavy atom. The number of methoxy groups -OCH3 is 2. The summed E-state index contributed by atoms with van der Waals surface area (Å²) in [6, 6.07) is 30.5. The minimum absolute atomic E-state index is 0.0151. The number of ether oxygens (including phenoxy) is 9. The van der Waals surface area contributed by atoms with E-state index in [0.717, 1.165) is 13.8 Å². The maximum Gasteiger partial charge on any atom is 0.409 e. The molecule has 1 amide bonds. The van der Waals surface area contributed by atoms with Gasteiger partial charge in [0.15, 0.2) is 41.9 Å². The molecule has 2 aliphatic rings. The maximum atomic E-state index is 16.3. The van der Waals surface area contributed by atoms with Crippen molar-refractivity contribution in [3.63, 3.8) is 0 Å². The standard InChI is InChI=1S/C61H74N7O17P/c1-36(2)68(37(3)4)86(74,79-31-17-30-77-60-51(66-38(5)69)56(81-41(8)72)55(80-40(7)71)49(82-60)33-78-39(6)70)85-48-32-50(67-35-65-52-58(62)63-34-64-59(52)67)83-54(48)57(53(73)42-18-13-11-14-19-42)84-61(43-20-15-12-16-21-43,44-22-26-46(75-9)27-23-44)45-24-28-47(76-10)29-25-45/h11-16,18-29,34-37,48-51,54-57,60H,17,30-33H2,1-10H3,(H,66,69)(H2,62,63,64)/t48-,49+,50+,51+,54-,55+,56+,57?,60+,86?/m0/s1. The van der Waals surface area contributed by atoms with E-state index < -0.39 is 117 Å². The van der Waals surface area contributed by atoms with E-state index in [-0.39, 0.29) is 37.4 Å². The maximum absolute atomic E-state index is 16.3. The molecule has 0 spiro atoms. The van der Waals surface area contributed by atoms with Crippen molar-refractivity contribution in [2.24, 2.45) is 0 Å². The first-order chi connectivity index (χ1) is 41.2. The Bertz CT molecular complexity index is 3260. The lowest BCUT2D eigenvalue weighted by molar-refractivity contribution is -0.278. The van der Waals surface area contributed by atoms with Gasteiger partial charge in [0.25, 0.3) is 0 Å². The summed E-state index contributed by atoms with van der Waals surface area (Å²) in [5.41, 5.74) is 7.44. The number of nitrogens with two attached hydrogens (primary N) is 1. The highest BCUT2D eigenvalue weighted by atomic mass is 31.2. The van der Waals surface area contributed by atoms with Gasteiger partial charge in [0.1, 0.15) is 66.1 Å². The van der Waals surface area contributed by atoms with Crippen molar-refractivity contribution in [3.05, 3.63) is 144 Å². The lowest BCUT2D eigenvalue weighted by Crippen LogP contribution is -2.66. The number of hydrogen-bond acceptors (Lipinski definition) is 21. The largest absolute Gasteiger partial charge is 0.497 e. The first-order valence-corrected chi connectivity index (χ1v) is 29.6. The average Bonchev–Trinajstić information content (AvgIpc) is 1.18. The Balaban J connectivity index is 1.21. The highest BCUT2D eigenvalue weighted by molar-refractivity contribution is 7.51. The van der Waals surface area contributed by atoms with Crippen LogP contribution in [0.2, 0.25) is 0 Å². The Hall–Kier alpha value is -7.67. The summed E-state index contributed by atoms with van der Waals surface area (Å²) in [5.74, 6) is -2.01. The summed E-state index contributed by atoms with van der Waals surface area (Å²) in [4.78, 5) is 78.7. The molecule has 0 radical (unpaired) electrons. The van der Waals surface area contributed by atoms with Crippen molar-refractivity contribution in [3.8, 4) is 11.5 Å². The molecule has 25 heteroatoms. The first-order valence-electron chi connectivity index (χ1n) is 28.1. The third kappa shape index (κ3) is 14.8. The number of nitrogen functional groups attached to an aromatic ring is 1. The monoisotopic (exact) mass is 1210 g/mol. The molecule has 0 aliphatic carbocycles. The van der Waals surface area contributed by atoms with Crippen LogP contribution < -0.4 is 20.5 Å². The number of carbonyl (C=O) groups excluding carboxylic acids is 5. The molecule has 24 nitrogen and oxygen atoms in total. The highest BCUT2D eigenvalue weighted by Gasteiger charge is 2.55. The molecule has 2 aromatic heterocycles. The van der Waals surface area contributed by atoms with Crippen molar-refractivity contribution in [2.45, 2.75) is 141 Å². The second-order valence-corrected chi connectivity index (χ2v) is 23.0. The predicted molar refractivity (Wildman–Crippen MR) is 311 cm³/mol. The summed E-state index contributed by atoms with van der Waals surface area (Å²) in [7, 11) is -1.43. The Kier molecular flexibility index (Phi) is 21.5. The second kappa shape index (κ2) is 28.7. The molecular weight excluding hydrogens is 1130 g/mol. The average molecular weight is 1210 g/mol. The zero-order chi connectivity index (χ0) is 61.9. The van der Waals surface area contributed by atoms with E-state index in [4.69, 9.17) is 57.4 Å². The molecule has 3 N–H and O–H groups in total. The normalized spacial score (nSPS) is 21.6. The first kappa shape index (κ1) is 64.3. The molecule has 6 aromatic rings. The summed E-state index contributed by atoms with van der Waals surface area (Å²) in [6.45, 7) is 11.2. The van der Waals surface area contributed by atoms with Gasteiger partial charge in [-0.1, -0.05) is 84.9 Å². The fourth-order valence-corrected chi connectivity index (χ4v) is 13.2. The Morgan fingerprint density at radius 3 is 1.88 bits per heavy atom. The smallest absolute Gasteiger partial charge is 0.409 e. The molecule has 2 unspecified atom stereocenters. The minimum atomic E-state index is -4.56. The van der Waals surface area contributed by atoms with Crippen LogP contribution >= 0.6 is 7.75 Å². The molecule has 2 fully saturated rings. The van der Waals surface area contributed by atoms with Crippen LogP contribution in [0.15, 0.2) is 122 Å². The van der Waals surface area contributed by atoms with Gasteiger partial charge in [0, 0.05) is 51.8 Å². The number of carbonyl (C=O) groups is 5. The van der Waals surface area contributed by atoms with Crippen LogP contribution in [-0.4, -0.2) is 149 Å². The number of aromatic nitrogens is 4. The summed E-state index contributed by atoms with van der Waals surface area (Å²) in [5, 5.41) is 2.69. The van der Waals surface area contributed by atoms with Crippen LogP contribution in [0, 0.1) is 0 Å². The summed E-state index contributed by atoms with van der Waals surface area (Å²) in [6.07, 6.45) is -7.81. The quantitative estimate of drug-likeness (QED) is 0.0125. The molecule has 10 atom stereocenters. The van der Waals surface area contributed by atoms with Gasteiger partial charge in [-0.15, -0.1) is 0 Å². The number of hydrogen-bond donors (Lipinski definition) is 2. The molecule has 8 rings (SSSR count). The Labute approximate surface area is 498 Å². The third-order valence-corrected chi connectivity index (χ3v) is 16.9. The van der Waals surface area contributed by atoms with Crippen LogP contribution in [-0.2, 0) is 71.5 Å². The minimum Gasteiger partial charge on any atom is -0.497 e. The van der Waals surface area contributed by atoms with E-state index in [9.17, 15) is 19.2 Å². The van der Waals surface area contributed by atoms with Gasteiger partial charge in [-0.25, -0.2) is 24.2 Å². The lowest BCUT2D eigenvalue weighted by atomic mass is 9.79. The van der Waals surface area contributed by atoms with Crippen molar-refractivity contribution < 1.29 is 80.2 Å². The van der Waals surface area contributed by atoms with Gasteiger partial charge in [-0.3, -0.25) is 37.6 Å². The van der Waals surface area contributed by atoms with Gasteiger partial charge in [-0.05, 0) is 75.1 Å². The Morgan fingerprint density at radius 2 is 1.33 bits per heavy atom. The van der Waals surface area contributed by atoms with E-state index in [2.05, 4.69) is 20.3 Å². The van der Waals surface area contributed by atoms with E-state index in [1.54, 1.807) is 78.1 Å². The molecule has 0 saturated carbocycles. The third-order valence-electron chi connectivity index (χ3n) is 14.4. The second-order valence-electron chi connectivity index (χ2n) is 21.1. The number of ketones is 1. The number of Topliss-reactive ketones (excluding diaryl/α,β-unsaturated/α-hetero) is 1. The van der Waals surface area contributed by atoms with Gasteiger partial charge in [0.05, 0.1) is 33.8 Å². The van der Waals surface area contributed by atoms with Gasteiger partial charge in [0.2, 0.25) is 5.91 Å². The number of esters is 3. The number of nitrogens with zero attached hydrogens (tertiary/aromatic N) is 5. The number of fused-ring (bicyclic) bond motifs is 1. The van der Waals surface area contributed by atoms with E-state index in [1.165, 1.54) is 26.5 Å². The summed E-state index contributed by atoms with van der Waals surface area (Å²) < 4.78 is 88.3. The molecular formula is C61H74N7O17P. The molecule has 4 aromatic carbocycles. The van der Waals surface area contributed by atoms with E-state index in [0.29, 0.717) is 39.4 Å². The number of imidazole rings is 1. The van der Waals surface area contributed by atoms with Crippen LogP contribution in [0.3, 0.4) is 0 Å². The zero-order valence-corrected chi connectivity index (χ0v) is 50.5. The number of benzene rings is 4. The van der Waals surface area contributed by atoms with Crippen molar-refractivity contribution in [1.82, 2.24) is 29.5 Å². The molecule has 0 bridgehead atoms. The van der Waals surface area contributed by atoms with Crippen LogP contribution in [0.5, 0.6) is 11.5 Å². The van der Waals surface area contributed by atoms with Crippen molar-refractivity contribution >= 4 is 54.3 Å². The van der Waals surface area contributed by atoms with Gasteiger partial charge in [-0.2, -0.15) is 0 Å². The topological polar surface area (TPSA) is 289 Å². The molecule has 2 aliphatic heterocycles. The number of anilines is 1. The predicted octanol–water partition coefficient (Wildman–Crippen LogP) is 7.66. The van der Waals surface area contributed by atoms with Crippen LogP contribution in [0.4, 0.5) is 5.82 Å². The molecule has 460 valence electrons. The molecule has 4 heterocycles. The fourth-order valence-electron chi connectivity index (χ4n) is 10.9. The SMILES string of the molecule is COc1ccc(C(OC(C(=O)c2ccccc2)[C@H]2O[C@@H](n3cnc4c(N)ncnc43)C[C@@H]2OP(=O)(OCCCO[C@@H]2O[C@H](COC(C)=O)[C@@H](OC(C)=O)[C@H](OC(C)=O)[C@H]2NC(C)=O)N(C(C)C)C(C)C)(c2ccccc2)c2ccc(OC)cc2)cc1. The van der Waals surface area contributed by atoms with Crippen molar-refractivity contribution in [1.29, 1.82) is 0 Å². The van der Waals surface area contributed by atoms with E-state index in [1.807, 2.05) is 82.3 Å². The highest BCUT2D eigenvalue weighted by Crippen LogP contribution is 2.58. The number of rotatable bonds is 27.